The zero-order chi connectivity index (χ0) is 22.8. The summed E-state index contributed by atoms with van der Waals surface area (Å²) >= 11 is 0. The lowest BCUT2D eigenvalue weighted by Gasteiger charge is -2.11. The molecule has 2 N–H and O–H groups in total. The molecule has 0 aliphatic rings. The van der Waals surface area contributed by atoms with E-state index in [1.165, 1.54) is 6.07 Å². The van der Waals surface area contributed by atoms with Crippen LogP contribution in [0.25, 0.3) is 11.1 Å². The third kappa shape index (κ3) is 4.12. The van der Waals surface area contributed by atoms with Crippen LogP contribution >= 0.6 is 0 Å². The molecule has 0 spiro atoms. The van der Waals surface area contributed by atoms with Gasteiger partial charge in [0.15, 0.2) is 11.6 Å². The van der Waals surface area contributed by atoms with Crippen LogP contribution in [0.15, 0.2) is 72.8 Å². The van der Waals surface area contributed by atoms with Crippen LogP contribution in [0.3, 0.4) is 0 Å². The summed E-state index contributed by atoms with van der Waals surface area (Å²) in [6.45, 7) is 3.94. The molecule has 0 unspecified atom stereocenters. The molecule has 0 radical (unpaired) electrons. The van der Waals surface area contributed by atoms with E-state index in [9.17, 15) is 13.6 Å². The summed E-state index contributed by atoms with van der Waals surface area (Å²) in [5, 5.41) is 0. The van der Waals surface area contributed by atoms with E-state index in [-0.39, 0.29) is 6.54 Å². The van der Waals surface area contributed by atoms with E-state index >= 15 is 0 Å². The van der Waals surface area contributed by atoms with Gasteiger partial charge in [-0.15, -0.1) is 0 Å². The number of halogens is 2. The van der Waals surface area contributed by atoms with Crippen LogP contribution < -0.4 is 10.5 Å². The Morgan fingerprint density at radius 3 is 2.28 bits per heavy atom. The topological polar surface area (TPSA) is 57.3 Å². The fourth-order valence-electron chi connectivity index (χ4n) is 3.94. The SMILES string of the molecule is Cc1c(C(N)=O)c(-c2cccc(Oc3ccccc3)c2)c(C)n1Cc1ccc(F)c(F)c1. The van der Waals surface area contributed by atoms with Gasteiger partial charge in [-0.1, -0.05) is 36.4 Å². The maximum Gasteiger partial charge on any atom is 0.251 e. The first-order valence-corrected chi connectivity index (χ1v) is 10.1. The number of carbonyl (C=O) groups is 1. The second-order valence-electron chi connectivity index (χ2n) is 7.56. The van der Waals surface area contributed by atoms with Crippen molar-refractivity contribution in [3.63, 3.8) is 0 Å². The molecule has 0 aliphatic carbocycles. The van der Waals surface area contributed by atoms with E-state index in [2.05, 4.69) is 0 Å². The van der Waals surface area contributed by atoms with Crippen LogP contribution in [0.2, 0.25) is 0 Å². The van der Waals surface area contributed by atoms with Crippen molar-refractivity contribution in [1.82, 2.24) is 4.57 Å². The lowest BCUT2D eigenvalue weighted by atomic mass is 10.00. The van der Waals surface area contributed by atoms with Gasteiger partial charge in [-0.25, -0.2) is 8.78 Å². The van der Waals surface area contributed by atoms with E-state index in [0.717, 1.165) is 23.4 Å². The van der Waals surface area contributed by atoms with Gasteiger partial charge in [0.25, 0.3) is 5.91 Å². The molecular weight excluding hydrogens is 410 g/mol. The number of primary amides is 1. The first-order valence-electron chi connectivity index (χ1n) is 10.1. The molecule has 4 rings (SSSR count). The highest BCUT2D eigenvalue weighted by molar-refractivity contribution is 6.02. The Hall–Kier alpha value is -3.93. The summed E-state index contributed by atoms with van der Waals surface area (Å²) in [6, 6.07) is 20.6. The van der Waals surface area contributed by atoms with Gasteiger partial charge in [0, 0.05) is 23.5 Å². The van der Waals surface area contributed by atoms with Gasteiger partial charge in [0.05, 0.1) is 5.56 Å². The van der Waals surface area contributed by atoms with Crippen molar-refractivity contribution < 1.29 is 18.3 Å². The van der Waals surface area contributed by atoms with Crippen LogP contribution in [0.5, 0.6) is 11.5 Å². The largest absolute Gasteiger partial charge is 0.457 e. The van der Waals surface area contributed by atoms with Crippen molar-refractivity contribution in [1.29, 1.82) is 0 Å². The van der Waals surface area contributed by atoms with E-state index < -0.39 is 17.5 Å². The van der Waals surface area contributed by atoms with Crippen LogP contribution in [-0.2, 0) is 6.54 Å². The second-order valence-corrected chi connectivity index (χ2v) is 7.56. The molecule has 4 nitrogen and oxygen atoms in total. The number of ether oxygens (including phenoxy) is 1. The van der Waals surface area contributed by atoms with Crippen molar-refractivity contribution in [2.45, 2.75) is 20.4 Å². The Labute approximate surface area is 184 Å². The molecule has 1 amide bonds. The zero-order valence-electron chi connectivity index (χ0n) is 17.7. The Balaban J connectivity index is 1.77. The summed E-state index contributed by atoms with van der Waals surface area (Å²) in [5.41, 5.74) is 9.62. The first-order chi connectivity index (χ1) is 15.3. The molecule has 32 heavy (non-hydrogen) atoms. The zero-order valence-corrected chi connectivity index (χ0v) is 17.7. The number of hydrogen-bond acceptors (Lipinski definition) is 2. The number of hydrogen-bond donors (Lipinski definition) is 1. The number of benzene rings is 3. The molecule has 1 heterocycles. The third-order valence-electron chi connectivity index (χ3n) is 5.46. The summed E-state index contributed by atoms with van der Waals surface area (Å²) in [7, 11) is 0. The minimum Gasteiger partial charge on any atom is -0.457 e. The van der Waals surface area contributed by atoms with Crippen LogP contribution in [-0.4, -0.2) is 10.5 Å². The fraction of sp³-hybridized carbons (Fsp3) is 0.115. The van der Waals surface area contributed by atoms with Gasteiger partial charge < -0.3 is 15.0 Å². The van der Waals surface area contributed by atoms with Gasteiger partial charge in [-0.05, 0) is 61.4 Å². The third-order valence-corrected chi connectivity index (χ3v) is 5.46. The molecule has 0 aliphatic heterocycles. The number of amides is 1. The van der Waals surface area contributed by atoms with Crippen LogP contribution in [0.4, 0.5) is 8.78 Å². The number of para-hydroxylation sites is 1. The number of carbonyl (C=O) groups excluding carboxylic acids is 1. The average Bonchev–Trinajstić information content (AvgIpc) is 3.02. The maximum atomic E-state index is 13.7. The van der Waals surface area contributed by atoms with Crippen LogP contribution in [0.1, 0.15) is 27.3 Å². The number of rotatable bonds is 6. The molecule has 162 valence electrons. The monoisotopic (exact) mass is 432 g/mol. The summed E-state index contributed by atoms with van der Waals surface area (Å²) in [4.78, 5) is 12.4. The molecule has 0 bridgehead atoms. The minimum absolute atomic E-state index is 0.273. The van der Waals surface area contributed by atoms with Crippen molar-refractivity contribution in [3.8, 4) is 22.6 Å². The van der Waals surface area contributed by atoms with E-state index in [0.29, 0.717) is 33.9 Å². The highest BCUT2D eigenvalue weighted by atomic mass is 19.2. The number of nitrogens with two attached hydrogens (primary N) is 1. The Bertz CT molecular complexity index is 1300. The molecule has 0 fully saturated rings. The summed E-state index contributed by atoms with van der Waals surface area (Å²) in [5.74, 6) is -1.05. The normalized spacial score (nSPS) is 10.9. The summed E-state index contributed by atoms with van der Waals surface area (Å²) in [6.07, 6.45) is 0. The molecule has 0 saturated carbocycles. The van der Waals surface area contributed by atoms with Gasteiger partial charge in [0.1, 0.15) is 11.5 Å². The van der Waals surface area contributed by atoms with Crippen molar-refractivity contribution in [2.24, 2.45) is 5.73 Å². The molecule has 1 aromatic heterocycles. The highest BCUT2D eigenvalue weighted by Gasteiger charge is 2.23. The molecule has 3 aromatic carbocycles. The molecule has 0 atom stereocenters. The standard InChI is InChI=1S/C26H22F2N2O2/c1-16-24(19-7-6-10-21(14-19)32-20-8-4-3-5-9-20)25(26(29)31)17(2)30(16)15-18-11-12-22(27)23(28)13-18/h3-14H,15H2,1-2H3,(H2,29,31). The Morgan fingerprint density at radius 1 is 0.875 bits per heavy atom. The average molecular weight is 432 g/mol. The predicted molar refractivity (Wildman–Crippen MR) is 120 cm³/mol. The van der Waals surface area contributed by atoms with Crippen molar-refractivity contribution in [2.75, 3.05) is 0 Å². The van der Waals surface area contributed by atoms with E-state index in [1.54, 1.807) is 6.92 Å². The van der Waals surface area contributed by atoms with Gasteiger partial charge in [0.2, 0.25) is 0 Å². The lowest BCUT2D eigenvalue weighted by Crippen LogP contribution is -2.13. The van der Waals surface area contributed by atoms with Gasteiger partial charge in [-0.3, -0.25) is 4.79 Å². The molecule has 4 aromatic rings. The number of nitrogens with zero attached hydrogens (tertiary/aromatic N) is 1. The number of aromatic nitrogens is 1. The van der Waals surface area contributed by atoms with Gasteiger partial charge in [-0.2, -0.15) is 0 Å². The quantitative estimate of drug-likeness (QED) is 0.407. The van der Waals surface area contributed by atoms with Crippen molar-refractivity contribution in [3.05, 3.63) is 107 Å². The predicted octanol–water partition coefficient (Wildman–Crippen LogP) is 5.99. The maximum absolute atomic E-state index is 13.7. The van der Waals surface area contributed by atoms with E-state index in [1.807, 2.05) is 66.1 Å². The first kappa shape index (κ1) is 21.3. The minimum atomic E-state index is -0.911. The summed E-state index contributed by atoms with van der Waals surface area (Å²) < 4.78 is 34.9. The second kappa shape index (κ2) is 8.67. The van der Waals surface area contributed by atoms with Crippen molar-refractivity contribution >= 4 is 5.91 Å². The Morgan fingerprint density at radius 2 is 1.59 bits per heavy atom. The smallest absolute Gasteiger partial charge is 0.251 e. The van der Waals surface area contributed by atoms with E-state index in [4.69, 9.17) is 10.5 Å². The molecular formula is C26H22F2N2O2. The highest BCUT2D eigenvalue weighted by Crippen LogP contribution is 2.35. The lowest BCUT2D eigenvalue weighted by molar-refractivity contribution is 0.1000. The van der Waals surface area contributed by atoms with Crippen LogP contribution in [0, 0.1) is 25.5 Å². The fourth-order valence-corrected chi connectivity index (χ4v) is 3.94. The van der Waals surface area contributed by atoms with Gasteiger partial charge >= 0.3 is 0 Å². The Kier molecular flexibility index (Phi) is 5.77. The molecule has 6 heteroatoms. The molecule has 0 saturated heterocycles.